The lowest BCUT2D eigenvalue weighted by Gasteiger charge is -2.09. The number of hydroxylamine groups is 1. The van der Waals surface area contributed by atoms with Crippen LogP contribution in [0.15, 0.2) is 12.3 Å². The Hall–Kier alpha value is -1.34. The Morgan fingerprint density at radius 2 is 2.24 bits per heavy atom. The molecule has 4 nitrogen and oxygen atoms in total. The summed E-state index contributed by atoms with van der Waals surface area (Å²) < 4.78 is 35.2. The Bertz CT molecular complexity index is 423. The summed E-state index contributed by atoms with van der Waals surface area (Å²) in [5.41, 5.74) is 2.16. The molecular weight excluding hydrogens is 261 g/mol. The molecule has 1 aromatic heterocycles. The molecule has 1 rings (SSSR count). The number of pyridine rings is 1. The van der Waals surface area contributed by atoms with Gasteiger partial charge in [-0.15, -0.1) is 0 Å². The van der Waals surface area contributed by atoms with Gasteiger partial charge in [0.2, 0.25) is 0 Å². The van der Waals surface area contributed by atoms with Crippen LogP contribution in [0.5, 0.6) is 0 Å². The number of nitrogens with zero attached hydrogens (tertiary/aromatic N) is 1. The summed E-state index contributed by atoms with van der Waals surface area (Å²) in [5, 5.41) is 0.0885. The maximum Gasteiger partial charge on any atom is 0.414 e. The van der Waals surface area contributed by atoms with Crippen LogP contribution >= 0.6 is 11.6 Å². The predicted octanol–water partition coefficient (Wildman–Crippen LogP) is 2.27. The Kier molecular flexibility index (Phi) is 4.30. The second kappa shape index (κ2) is 5.33. The van der Waals surface area contributed by atoms with Crippen LogP contribution in [-0.4, -0.2) is 23.7 Å². The minimum absolute atomic E-state index is 0.0561. The van der Waals surface area contributed by atoms with Crippen molar-refractivity contribution in [3.63, 3.8) is 0 Å². The zero-order chi connectivity index (χ0) is 13.1. The minimum Gasteiger partial charge on any atom is -0.267 e. The summed E-state index contributed by atoms with van der Waals surface area (Å²) in [6.07, 6.45) is -3.35. The number of alkyl halides is 3. The van der Waals surface area contributed by atoms with Gasteiger partial charge in [0.25, 0.3) is 5.91 Å². The number of nitrogens with one attached hydrogen (secondary N) is 1. The van der Waals surface area contributed by atoms with Crippen LogP contribution in [0.4, 0.5) is 13.2 Å². The summed E-state index contributed by atoms with van der Waals surface area (Å²) >= 11 is 5.71. The highest BCUT2D eigenvalue weighted by atomic mass is 35.5. The van der Waals surface area contributed by atoms with E-state index in [1.165, 1.54) is 6.07 Å². The van der Waals surface area contributed by atoms with Crippen LogP contribution < -0.4 is 5.48 Å². The minimum atomic E-state index is -4.51. The maximum absolute atomic E-state index is 11.7. The van der Waals surface area contributed by atoms with Gasteiger partial charge < -0.3 is 0 Å². The Labute approximate surface area is 99.7 Å². The first-order chi connectivity index (χ1) is 7.79. The first kappa shape index (κ1) is 13.7. The molecule has 1 heterocycles. The third-order valence-electron chi connectivity index (χ3n) is 1.64. The van der Waals surface area contributed by atoms with Crippen molar-refractivity contribution in [3.05, 3.63) is 28.5 Å². The van der Waals surface area contributed by atoms with E-state index in [0.29, 0.717) is 5.69 Å². The van der Waals surface area contributed by atoms with Crippen molar-refractivity contribution in [2.24, 2.45) is 0 Å². The molecule has 17 heavy (non-hydrogen) atoms. The van der Waals surface area contributed by atoms with Crippen molar-refractivity contribution in [2.75, 3.05) is 6.61 Å². The van der Waals surface area contributed by atoms with Gasteiger partial charge in [0.15, 0.2) is 6.61 Å². The number of hydrogen-bond donors (Lipinski definition) is 1. The first-order valence-corrected chi connectivity index (χ1v) is 4.78. The zero-order valence-electron chi connectivity index (χ0n) is 8.64. The van der Waals surface area contributed by atoms with Gasteiger partial charge in [-0.1, -0.05) is 11.6 Å². The number of carbonyl (C=O) groups excluding carboxylic acids is 1. The van der Waals surface area contributed by atoms with Gasteiger partial charge in [0, 0.05) is 11.9 Å². The van der Waals surface area contributed by atoms with E-state index in [4.69, 9.17) is 11.6 Å². The number of aryl methyl sites for hydroxylation is 1. The summed E-state index contributed by atoms with van der Waals surface area (Å²) in [5.74, 6) is -0.883. The smallest absolute Gasteiger partial charge is 0.267 e. The molecule has 8 heteroatoms. The third kappa shape index (κ3) is 4.58. The van der Waals surface area contributed by atoms with E-state index in [2.05, 4.69) is 9.82 Å². The zero-order valence-corrected chi connectivity index (χ0v) is 9.39. The van der Waals surface area contributed by atoms with E-state index >= 15 is 0 Å². The van der Waals surface area contributed by atoms with Crippen molar-refractivity contribution < 1.29 is 22.8 Å². The average Bonchev–Trinajstić information content (AvgIpc) is 2.15. The highest BCUT2D eigenvalue weighted by Gasteiger charge is 2.28. The molecule has 0 aromatic carbocycles. The molecule has 0 radical (unpaired) electrons. The highest BCUT2D eigenvalue weighted by Crippen LogP contribution is 2.16. The van der Waals surface area contributed by atoms with Crippen LogP contribution in [0, 0.1) is 6.92 Å². The van der Waals surface area contributed by atoms with E-state index in [-0.39, 0.29) is 10.6 Å². The van der Waals surface area contributed by atoms with Crippen molar-refractivity contribution in [1.29, 1.82) is 0 Å². The molecule has 0 aliphatic rings. The van der Waals surface area contributed by atoms with E-state index < -0.39 is 18.7 Å². The summed E-state index contributed by atoms with van der Waals surface area (Å²) in [4.78, 5) is 19.1. The fourth-order valence-electron chi connectivity index (χ4n) is 0.932. The fourth-order valence-corrected chi connectivity index (χ4v) is 1.22. The Morgan fingerprint density at radius 1 is 1.59 bits per heavy atom. The predicted molar refractivity (Wildman–Crippen MR) is 53.5 cm³/mol. The molecule has 1 amide bonds. The van der Waals surface area contributed by atoms with Gasteiger partial charge in [-0.3, -0.25) is 14.6 Å². The SMILES string of the molecule is Cc1cc(Cl)c(C(=O)NOCC(F)(F)F)cn1. The van der Waals surface area contributed by atoms with Gasteiger partial charge in [0.05, 0.1) is 10.6 Å². The van der Waals surface area contributed by atoms with Crippen molar-refractivity contribution in [1.82, 2.24) is 10.5 Å². The molecule has 0 saturated heterocycles. The molecule has 0 spiro atoms. The average molecular weight is 269 g/mol. The van der Waals surface area contributed by atoms with Crippen LogP contribution in [0.1, 0.15) is 16.1 Å². The monoisotopic (exact) mass is 268 g/mol. The van der Waals surface area contributed by atoms with Gasteiger partial charge in [-0.25, -0.2) is 5.48 Å². The number of aromatic nitrogens is 1. The second-order valence-electron chi connectivity index (χ2n) is 3.14. The molecular formula is C9H8ClF3N2O2. The number of hydrogen-bond acceptors (Lipinski definition) is 3. The van der Waals surface area contributed by atoms with E-state index in [1.54, 1.807) is 12.4 Å². The standard InChI is InChI=1S/C9H8ClF3N2O2/c1-5-2-7(10)6(3-14-5)8(16)15-17-4-9(11,12)13/h2-3H,4H2,1H3,(H,15,16). The molecule has 1 N–H and O–H groups in total. The van der Waals surface area contributed by atoms with Crippen molar-refractivity contribution in [3.8, 4) is 0 Å². The number of rotatable bonds is 3. The van der Waals surface area contributed by atoms with Gasteiger partial charge in [0.1, 0.15) is 0 Å². The molecule has 0 fully saturated rings. The quantitative estimate of drug-likeness (QED) is 0.856. The van der Waals surface area contributed by atoms with E-state index in [9.17, 15) is 18.0 Å². The Morgan fingerprint density at radius 3 is 2.76 bits per heavy atom. The fraction of sp³-hybridized carbons (Fsp3) is 0.333. The summed E-state index contributed by atoms with van der Waals surface area (Å²) in [6.45, 7) is 0.0867. The summed E-state index contributed by atoms with van der Waals surface area (Å²) in [7, 11) is 0. The lowest BCUT2D eigenvalue weighted by Crippen LogP contribution is -2.29. The third-order valence-corrected chi connectivity index (χ3v) is 1.95. The number of amides is 1. The molecule has 94 valence electrons. The lowest BCUT2D eigenvalue weighted by atomic mass is 10.2. The molecule has 0 atom stereocenters. The molecule has 0 saturated carbocycles. The molecule has 0 aliphatic carbocycles. The second-order valence-corrected chi connectivity index (χ2v) is 3.55. The molecule has 1 aromatic rings. The van der Waals surface area contributed by atoms with E-state index in [1.807, 2.05) is 0 Å². The van der Waals surface area contributed by atoms with Gasteiger partial charge in [-0.05, 0) is 13.0 Å². The maximum atomic E-state index is 11.7. The number of carbonyl (C=O) groups is 1. The molecule has 0 aliphatic heterocycles. The van der Waals surface area contributed by atoms with Crippen molar-refractivity contribution in [2.45, 2.75) is 13.1 Å². The van der Waals surface area contributed by atoms with Crippen molar-refractivity contribution >= 4 is 17.5 Å². The molecule has 0 bridgehead atoms. The highest BCUT2D eigenvalue weighted by molar-refractivity contribution is 6.33. The van der Waals surface area contributed by atoms with Crippen LogP contribution in [0.25, 0.3) is 0 Å². The lowest BCUT2D eigenvalue weighted by molar-refractivity contribution is -0.184. The normalized spacial score (nSPS) is 11.4. The first-order valence-electron chi connectivity index (χ1n) is 4.40. The number of halogens is 4. The topological polar surface area (TPSA) is 51.2 Å². The van der Waals surface area contributed by atoms with Gasteiger partial charge >= 0.3 is 6.18 Å². The largest absolute Gasteiger partial charge is 0.414 e. The van der Waals surface area contributed by atoms with Gasteiger partial charge in [-0.2, -0.15) is 13.2 Å². The molecule has 0 unspecified atom stereocenters. The van der Waals surface area contributed by atoms with Crippen LogP contribution in [0.2, 0.25) is 5.02 Å². The summed E-state index contributed by atoms with van der Waals surface area (Å²) in [6, 6.07) is 1.42. The van der Waals surface area contributed by atoms with Crippen LogP contribution in [-0.2, 0) is 4.84 Å². The van der Waals surface area contributed by atoms with Crippen LogP contribution in [0.3, 0.4) is 0 Å². The Balaban J connectivity index is 2.59. The van der Waals surface area contributed by atoms with E-state index in [0.717, 1.165) is 6.20 Å².